The van der Waals surface area contributed by atoms with E-state index in [9.17, 15) is 52.5 Å². The van der Waals surface area contributed by atoms with Gasteiger partial charge < -0.3 is 9.29 Å². The summed E-state index contributed by atoms with van der Waals surface area (Å²) in [6.07, 6.45) is -5.58. The van der Waals surface area contributed by atoms with Gasteiger partial charge in [-0.15, -0.1) is 0 Å². The van der Waals surface area contributed by atoms with Gasteiger partial charge in [-0.2, -0.15) is 39.5 Å². The van der Waals surface area contributed by atoms with E-state index in [1.165, 1.54) is 39.2 Å². The Morgan fingerprint density at radius 1 is 0.800 bits per heavy atom. The molecule has 0 aliphatic carbocycles. The first-order chi connectivity index (χ1) is 18.4. The van der Waals surface area contributed by atoms with Crippen LogP contribution in [0.5, 0.6) is 0 Å². The molecule has 0 saturated carbocycles. The molecule has 3 aromatic rings. The third-order valence-electron chi connectivity index (χ3n) is 5.89. The van der Waals surface area contributed by atoms with E-state index in [1.54, 1.807) is 0 Å². The summed E-state index contributed by atoms with van der Waals surface area (Å²) in [4.78, 5) is 1.52. The van der Waals surface area contributed by atoms with Crippen molar-refractivity contribution in [1.82, 2.24) is 0 Å². The van der Waals surface area contributed by atoms with E-state index in [4.69, 9.17) is 4.74 Å². The summed E-state index contributed by atoms with van der Waals surface area (Å²) >= 11 is 0. The lowest BCUT2D eigenvalue weighted by Crippen LogP contribution is -2.63. The van der Waals surface area contributed by atoms with Gasteiger partial charge in [-0.05, 0) is 23.1 Å². The normalized spacial score (nSPS) is 18.9. The van der Waals surface area contributed by atoms with Crippen molar-refractivity contribution < 1.29 is 57.2 Å². The fraction of sp³-hybridized carbons (Fsp3) is 0.360. The second-order valence-corrected chi connectivity index (χ2v) is 12.3. The first kappa shape index (κ1) is 32.0. The lowest BCUT2D eigenvalue weighted by Gasteiger charge is -2.34. The van der Waals surface area contributed by atoms with Crippen LogP contribution in [0.15, 0.2) is 77.7 Å². The molecule has 0 N–H and O–H groups in total. The fourth-order valence-electron chi connectivity index (χ4n) is 3.75. The van der Waals surface area contributed by atoms with E-state index < -0.39 is 33.4 Å². The molecule has 0 spiro atoms. The topological polar surface area (TPSA) is 66.4 Å². The largest absolute Gasteiger partial charge is 0.743 e. The highest BCUT2D eigenvalue weighted by atomic mass is 32.2. The summed E-state index contributed by atoms with van der Waals surface area (Å²) in [5, 5.41) is -4.34. The van der Waals surface area contributed by atoms with Crippen LogP contribution in [0, 0.1) is 0 Å². The van der Waals surface area contributed by atoms with Gasteiger partial charge in [0.1, 0.15) is 17.6 Å². The minimum atomic E-state index is -7.43. The second-order valence-electron chi connectivity index (χ2n) is 8.67. The molecule has 2 atom stereocenters. The van der Waals surface area contributed by atoms with E-state index in [0.29, 0.717) is 17.0 Å². The van der Waals surface area contributed by atoms with Gasteiger partial charge >= 0.3 is 23.3 Å². The molecule has 0 bridgehead atoms. The Balaban J connectivity index is 0.000000234. The van der Waals surface area contributed by atoms with Crippen LogP contribution in [-0.2, 0) is 32.4 Å². The molecule has 0 radical (unpaired) electrons. The molecule has 1 saturated heterocycles. The fourth-order valence-corrected chi connectivity index (χ4v) is 6.78. The van der Waals surface area contributed by atoms with Gasteiger partial charge in [0.05, 0.1) is 6.61 Å². The molecule has 0 aromatic heterocycles. The Morgan fingerprint density at radius 3 is 1.98 bits per heavy atom. The first-order valence-electron chi connectivity index (χ1n) is 11.4. The van der Waals surface area contributed by atoms with Gasteiger partial charge in [0.15, 0.2) is 15.0 Å². The highest BCUT2D eigenvalue weighted by Gasteiger charge is 2.83. The maximum atomic E-state index is 12.2. The van der Waals surface area contributed by atoms with E-state index in [-0.39, 0.29) is 0 Å². The van der Waals surface area contributed by atoms with E-state index in [1.807, 2.05) is 0 Å². The Morgan fingerprint density at radius 2 is 1.38 bits per heavy atom. The van der Waals surface area contributed by atoms with Crippen molar-refractivity contribution in [3.8, 4) is 0 Å². The average molecular weight is 621 g/mol. The Kier molecular flexibility index (Phi) is 9.43. The quantitative estimate of drug-likeness (QED) is 0.166. The second kappa shape index (κ2) is 11.8. The number of alkyl halides is 9. The van der Waals surface area contributed by atoms with Crippen LogP contribution in [0.2, 0.25) is 0 Å². The highest BCUT2D eigenvalue weighted by Crippen LogP contribution is 2.54. The molecule has 220 valence electrons. The SMILES string of the molecule is O=S(=O)([O-])C(F)(F)C(F)(F)C(F)(F)C(F)(F)F.c1ccc(COC2CC[S+](c3cccc4ccccc34)C2)cc1. The van der Waals surface area contributed by atoms with Gasteiger partial charge in [-0.25, -0.2) is 8.42 Å². The van der Waals surface area contributed by atoms with Crippen molar-refractivity contribution in [2.75, 3.05) is 11.5 Å². The maximum Gasteiger partial charge on any atom is 0.460 e. The zero-order valence-electron chi connectivity index (χ0n) is 20.2. The lowest BCUT2D eigenvalue weighted by molar-refractivity contribution is -0.382. The van der Waals surface area contributed by atoms with E-state index in [2.05, 4.69) is 72.8 Å². The monoisotopic (exact) mass is 620 g/mol. The summed E-state index contributed by atoms with van der Waals surface area (Å²) in [6, 6.07) is 25.9. The number of ether oxygens (including phenoxy) is 1. The molecule has 4 rings (SSSR count). The molecule has 1 fully saturated rings. The number of halogens is 9. The minimum Gasteiger partial charge on any atom is -0.743 e. The molecular weight excluding hydrogens is 599 g/mol. The van der Waals surface area contributed by atoms with Gasteiger partial charge in [0.25, 0.3) is 0 Å². The van der Waals surface area contributed by atoms with Crippen LogP contribution in [-0.4, -0.2) is 53.9 Å². The minimum absolute atomic E-state index is 0.322. The lowest BCUT2D eigenvalue weighted by atomic mass is 10.1. The summed E-state index contributed by atoms with van der Waals surface area (Å²) in [7, 11) is -7.10. The first-order valence-corrected chi connectivity index (χ1v) is 14.3. The molecule has 40 heavy (non-hydrogen) atoms. The molecule has 1 heterocycles. The third kappa shape index (κ3) is 6.52. The number of hydrogen-bond donors (Lipinski definition) is 0. The molecule has 0 amide bonds. The Bertz CT molecular complexity index is 1390. The summed E-state index contributed by atoms with van der Waals surface area (Å²) in [6.45, 7) is 0.734. The summed E-state index contributed by atoms with van der Waals surface area (Å²) in [5.41, 5.74) is 1.27. The number of rotatable bonds is 7. The van der Waals surface area contributed by atoms with E-state index >= 15 is 0 Å². The zero-order chi connectivity index (χ0) is 30.0. The van der Waals surface area contributed by atoms with Crippen molar-refractivity contribution in [2.24, 2.45) is 0 Å². The van der Waals surface area contributed by atoms with Crippen molar-refractivity contribution in [3.05, 3.63) is 78.4 Å². The van der Waals surface area contributed by atoms with Crippen molar-refractivity contribution in [3.63, 3.8) is 0 Å². The van der Waals surface area contributed by atoms with Crippen molar-refractivity contribution in [1.29, 1.82) is 0 Å². The van der Waals surface area contributed by atoms with Gasteiger partial charge in [0, 0.05) is 22.7 Å². The molecular formula is C25H21F9O4S2. The number of hydrogen-bond acceptors (Lipinski definition) is 4. The summed E-state index contributed by atoms with van der Waals surface area (Å²) in [5.74, 6) is -12.4. The van der Waals surface area contributed by atoms with Gasteiger partial charge in [-0.1, -0.05) is 60.7 Å². The summed E-state index contributed by atoms with van der Waals surface area (Å²) < 4.78 is 142. The molecule has 1 aliphatic heterocycles. The van der Waals surface area contributed by atoms with Crippen molar-refractivity contribution >= 4 is 31.8 Å². The zero-order valence-corrected chi connectivity index (χ0v) is 21.8. The molecule has 3 aromatic carbocycles. The molecule has 4 nitrogen and oxygen atoms in total. The smallest absolute Gasteiger partial charge is 0.460 e. The predicted octanol–water partition coefficient (Wildman–Crippen LogP) is 6.76. The average Bonchev–Trinajstić information content (AvgIpc) is 3.35. The van der Waals surface area contributed by atoms with Crippen molar-refractivity contribution in [2.45, 2.75) is 47.3 Å². The third-order valence-corrected chi connectivity index (χ3v) is 9.26. The van der Waals surface area contributed by atoms with Gasteiger partial charge in [-0.3, -0.25) is 0 Å². The Hall–Kier alpha value is -2.49. The van der Waals surface area contributed by atoms with Crippen LogP contribution in [0.1, 0.15) is 12.0 Å². The Labute approximate surface area is 226 Å². The highest BCUT2D eigenvalue weighted by molar-refractivity contribution is 7.97. The van der Waals surface area contributed by atoms with Crippen LogP contribution in [0.3, 0.4) is 0 Å². The van der Waals surface area contributed by atoms with Crippen LogP contribution in [0.25, 0.3) is 10.8 Å². The van der Waals surface area contributed by atoms with Crippen LogP contribution >= 0.6 is 0 Å². The number of benzene rings is 3. The van der Waals surface area contributed by atoms with E-state index in [0.717, 1.165) is 6.61 Å². The predicted molar refractivity (Wildman–Crippen MR) is 130 cm³/mol. The van der Waals surface area contributed by atoms with Crippen LogP contribution < -0.4 is 0 Å². The maximum absolute atomic E-state index is 12.2. The molecule has 15 heteroatoms. The van der Waals surface area contributed by atoms with Gasteiger partial charge in [0.2, 0.25) is 0 Å². The molecule has 1 aliphatic rings. The molecule has 2 unspecified atom stereocenters. The standard InChI is InChI=1S/C21H21OS.C4HF9O3S/c1-2-7-17(8-3-1)15-22-19-13-14-23(16-19)21-12-6-10-18-9-4-5-11-20(18)21;5-1(6,3(9,10)11)2(7,8)4(12,13)17(14,15)16/h1-12,19H,13-16H2;(H,14,15,16)/q+1;/p-1. The van der Waals surface area contributed by atoms with Crippen LogP contribution in [0.4, 0.5) is 39.5 Å². The number of fused-ring (bicyclic) bond motifs is 1.